The van der Waals surface area contributed by atoms with Crippen LogP contribution in [-0.4, -0.2) is 73.0 Å². The Hall–Kier alpha value is -2.77. The molecular formula is C20H26N4O4. The average Bonchev–Trinajstić information content (AvgIpc) is 3.54. The molecule has 2 heterocycles. The van der Waals surface area contributed by atoms with E-state index in [1.807, 2.05) is 24.3 Å². The number of imide groups is 1. The minimum Gasteiger partial charge on any atom is -0.497 e. The number of anilines is 1. The summed E-state index contributed by atoms with van der Waals surface area (Å²) in [6.07, 6.45) is 1.88. The van der Waals surface area contributed by atoms with Gasteiger partial charge in [0.1, 0.15) is 17.8 Å². The third kappa shape index (κ3) is 3.27. The van der Waals surface area contributed by atoms with Crippen molar-refractivity contribution in [3.05, 3.63) is 24.3 Å². The SMILES string of the molecule is COc1ccc(N2CCN(C(=O)CN3C(=O)N[C@@](C)(C4CC4)C3=O)CC2)cc1. The number of methoxy groups -OCH3 is 1. The van der Waals surface area contributed by atoms with E-state index in [0.717, 1.165) is 29.2 Å². The second kappa shape index (κ2) is 7.00. The number of hydrogen-bond donors (Lipinski definition) is 1. The first-order valence-electron chi connectivity index (χ1n) is 9.73. The fourth-order valence-electron chi connectivity index (χ4n) is 4.04. The average molecular weight is 386 g/mol. The molecule has 3 aliphatic rings. The Kier molecular flexibility index (Phi) is 4.64. The monoisotopic (exact) mass is 386 g/mol. The molecule has 1 atom stereocenters. The summed E-state index contributed by atoms with van der Waals surface area (Å²) in [5.74, 6) is 0.546. The van der Waals surface area contributed by atoms with Crippen LogP contribution < -0.4 is 15.0 Å². The van der Waals surface area contributed by atoms with Crippen molar-refractivity contribution in [2.75, 3.05) is 44.7 Å². The van der Waals surface area contributed by atoms with Crippen molar-refractivity contribution >= 4 is 23.5 Å². The van der Waals surface area contributed by atoms with Crippen LogP contribution in [0, 0.1) is 5.92 Å². The van der Waals surface area contributed by atoms with Gasteiger partial charge in [0.2, 0.25) is 5.91 Å². The van der Waals surface area contributed by atoms with E-state index < -0.39 is 11.6 Å². The Balaban J connectivity index is 1.33. The molecule has 8 nitrogen and oxygen atoms in total. The molecule has 1 aromatic rings. The lowest BCUT2D eigenvalue weighted by atomic mass is 9.96. The van der Waals surface area contributed by atoms with Crippen molar-refractivity contribution in [2.45, 2.75) is 25.3 Å². The largest absolute Gasteiger partial charge is 0.497 e. The van der Waals surface area contributed by atoms with Gasteiger partial charge in [0.25, 0.3) is 5.91 Å². The quantitative estimate of drug-likeness (QED) is 0.766. The van der Waals surface area contributed by atoms with Gasteiger partial charge in [0.15, 0.2) is 0 Å². The number of urea groups is 1. The van der Waals surface area contributed by atoms with Crippen molar-refractivity contribution in [2.24, 2.45) is 5.92 Å². The molecule has 0 bridgehead atoms. The Morgan fingerprint density at radius 3 is 2.36 bits per heavy atom. The first-order chi connectivity index (χ1) is 13.4. The highest BCUT2D eigenvalue weighted by Crippen LogP contribution is 2.42. The Bertz CT molecular complexity index is 784. The molecular weight excluding hydrogens is 360 g/mol. The van der Waals surface area contributed by atoms with Crippen LogP contribution >= 0.6 is 0 Å². The molecule has 2 aliphatic heterocycles. The van der Waals surface area contributed by atoms with Crippen LogP contribution in [0.3, 0.4) is 0 Å². The van der Waals surface area contributed by atoms with Gasteiger partial charge in [-0.25, -0.2) is 4.79 Å². The number of carbonyl (C=O) groups excluding carboxylic acids is 3. The second-order valence-corrected chi connectivity index (χ2v) is 7.86. The van der Waals surface area contributed by atoms with Gasteiger partial charge < -0.3 is 19.9 Å². The zero-order chi connectivity index (χ0) is 19.9. The highest BCUT2D eigenvalue weighted by Gasteiger charge is 2.56. The lowest BCUT2D eigenvalue weighted by molar-refractivity contribution is -0.139. The van der Waals surface area contributed by atoms with Crippen LogP contribution in [-0.2, 0) is 9.59 Å². The highest BCUT2D eigenvalue weighted by atomic mass is 16.5. The van der Waals surface area contributed by atoms with Crippen molar-refractivity contribution < 1.29 is 19.1 Å². The summed E-state index contributed by atoms with van der Waals surface area (Å²) in [5.41, 5.74) is 0.243. The maximum Gasteiger partial charge on any atom is 0.325 e. The van der Waals surface area contributed by atoms with Gasteiger partial charge in [0, 0.05) is 31.9 Å². The van der Waals surface area contributed by atoms with E-state index in [9.17, 15) is 14.4 Å². The number of nitrogens with one attached hydrogen (secondary N) is 1. The van der Waals surface area contributed by atoms with Crippen LogP contribution in [0.2, 0.25) is 0 Å². The van der Waals surface area contributed by atoms with E-state index in [2.05, 4.69) is 10.2 Å². The van der Waals surface area contributed by atoms with Gasteiger partial charge in [-0.1, -0.05) is 0 Å². The van der Waals surface area contributed by atoms with Gasteiger partial charge >= 0.3 is 6.03 Å². The lowest BCUT2D eigenvalue weighted by Crippen LogP contribution is -2.52. The minimum absolute atomic E-state index is 0.182. The van der Waals surface area contributed by atoms with Gasteiger partial charge in [-0.3, -0.25) is 14.5 Å². The van der Waals surface area contributed by atoms with Crippen LogP contribution in [0.1, 0.15) is 19.8 Å². The molecule has 1 N–H and O–H groups in total. The summed E-state index contributed by atoms with van der Waals surface area (Å²) in [6.45, 7) is 4.12. The van der Waals surface area contributed by atoms with Gasteiger partial charge in [-0.2, -0.15) is 0 Å². The number of carbonyl (C=O) groups is 3. The Morgan fingerprint density at radius 1 is 1.14 bits per heavy atom. The molecule has 1 aliphatic carbocycles. The van der Waals surface area contributed by atoms with Crippen molar-refractivity contribution in [1.82, 2.24) is 15.1 Å². The fourth-order valence-corrected chi connectivity index (χ4v) is 4.04. The van der Waals surface area contributed by atoms with Crippen LogP contribution in [0.4, 0.5) is 10.5 Å². The minimum atomic E-state index is -0.843. The number of piperazine rings is 1. The Morgan fingerprint density at radius 2 is 1.79 bits per heavy atom. The number of nitrogens with zero attached hydrogens (tertiary/aromatic N) is 3. The number of rotatable bonds is 5. The summed E-state index contributed by atoms with van der Waals surface area (Å²) in [7, 11) is 1.64. The number of ether oxygens (including phenoxy) is 1. The predicted octanol–water partition coefficient (Wildman–Crippen LogP) is 1.06. The van der Waals surface area contributed by atoms with Gasteiger partial charge in [-0.15, -0.1) is 0 Å². The molecule has 1 saturated carbocycles. The normalized spacial score (nSPS) is 25.1. The summed E-state index contributed by atoms with van der Waals surface area (Å²) in [4.78, 5) is 42.6. The Labute approximate surface area is 164 Å². The van der Waals surface area contributed by atoms with Crippen molar-refractivity contribution in [3.63, 3.8) is 0 Å². The van der Waals surface area contributed by atoms with Gasteiger partial charge in [0.05, 0.1) is 7.11 Å². The third-order valence-corrected chi connectivity index (χ3v) is 6.06. The van der Waals surface area contributed by atoms with E-state index in [1.165, 1.54) is 0 Å². The van der Waals surface area contributed by atoms with E-state index in [4.69, 9.17) is 4.74 Å². The molecule has 4 rings (SSSR count). The molecule has 0 unspecified atom stereocenters. The molecule has 2 saturated heterocycles. The first-order valence-corrected chi connectivity index (χ1v) is 9.73. The maximum atomic E-state index is 12.7. The topological polar surface area (TPSA) is 82.2 Å². The molecule has 0 spiro atoms. The highest BCUT2D eigenvalue weighted by molar-refractivity contribution is 6.09. The van der Waals surface area contributed by atoms with Crippen molar-refractivity contribution in [1.29, 1.82) is 0 Å². The smallest absolute Gasteiger partial charge is 0.325 e. The molecule has 4 amide bonds. The van der Waals surface area contributed by atoms with E-state index in [1.54, 1.807) is 18.9 Å². The zero-order valence-electron chi connectivity index (χ0n) is 16.3. The van der Waals surface area contributed by atoms with Gasteiger partial charge in [-0.05, 0) is 49.9 Å². The molecule has 1 aromatic carbocycles. The lowest BCUT2D eigenvalue weighted by Gasteiger charge is -2.36. The number of amides is 4. The summed E-state index contributed by atoms with van der Waals surface area (Å²) >= 11 is 0. The second-order valence-electron chi connectivity index (χ2n) is 7.86. The number of hydrogen-bond acceptors (Lipinski definition) is 5. The summed E-state index contributed by atoms with van der Waals surface area (Å²) < 4.78 is 5.18. The number of benzene rings is 1. The molecule has 8 heteroatoms. The fraction of sp³-hybridized carbons (Fsp3) is 0.550. The third-order valence-electron chi connectivity index (χ3n) is 6.06. The summed E-state index contributed by atoms with van der Waals surface area (Å²) in [6, 6.07) is 7.39. The van der Waals surface area contributed by atoms with E-state index in [-0.39, 0.29) is 24.3 Å². The van der Waals surface area contributed by atoms with Crippen LogP contribution in [0.25, 0.3) is 0 Å². The summed E-state index contributed by atoms with van der Waals surface area (Å²) in [5, 5.41) is 2.79. The van der Waals surface area contributed by atoms with E-state index in [0.29, 0.717) is 26.2 Å². The predicted molar refractivity (Wildman–Crippen MR) is 103 cm³/mol. The molecule has 0 aromatic heterocycles. The molecule has 3 fully saturated rings. The molecule has 150 valence electrons. The maximum absolute atomic E-state index is 12.7. The molecule has 0 radical (unpaired) electrons. The molecule has 28 heavy (non-hydrogen) atoms. The van der Waals surface area contributed by atoms with Crippen molar-refractivity contribution in [3.8, 4) is 5.75 Å². The standard InChI is InChI=1S/C20H26N4O4/c1-20(14-3-4-14)18(26)24(19(27)21-20)13-17(25)23-11-9-22(10-12-23)15-5-7-16(28-2)8-6-15/h5-8,14H,3-4,9-13H2,1-2H3,(H,21,27)/t20-/m0/s1. The van der Waals surface area contributed by atoms with Crippen LogP contribution in [0.15, 0.2) is 24.3 Å². The van der Waals surface area contributed by atoms with E-state index >= 15 is 0 Å². The van der Waals surface area contributed by atoms with Crippen LogP contribution in [0.5, 0.6) is 5.75 Å². The first kappa shape index (κ1) is 18.6. The zero-order valence-corrected chi connectivity index (χ0v) is 16.3.